The number of methoxy groups -OCH3 is 2. The fourth-order valence-corrected chi connectivity index (χ4v) is 5.41. The van der Waals surface area contributed by atoms with Gasteiger partial charge in [-0.05, 0) is 17.0 Å². The topological polar surface area (TPSA) is 77.1 Å². The SMILES string of the molecule is COC(=O)[C@@H]1[C@@H]([C@H]2OC[C@H](C(C)C)N2Cc2ccccc2)[C@H](C(=O)OC)N[C@@H]1c1ccccc1. The zero-order valence-corrected chi connectivity index (χ0v) is 20.2. The monoisotopic (exact) mass is 466 g/mol. The van der Waals surface area contributed by atoms with Crippen LogP contribution in [-0.4, -0.2) is 56.0 Å². The Morgan fingerprint density at radius 3 is 2.21 bits per heavy atom. The van der Waals surface area contributed by atoms with Crippen molar-refractivity contribution in [1.29, 1.82) is 0 Å². The number of ether oxygens (including phenoxy) is 3. The predicted molar refractivity (Wildman–Crippen MR) is 127 cm³/mol. The van der Waals surface area contributed by atoms with Gasteiger partial charge in [0.15, 0.2) is 0 Å². The Labute approximate surface area is 201 Å². The standard InChI is InChI=1S/C27H34N2O5/c1-17(2)20-16-34-25(29(20)15-18-11-7-5-8-12-18)21-22(26(30)32-3)23(19-13-9-6-10-14-19)28-24(21)27(31)33-4/h5-14,17,20-25,28H,15-16H2,1-4H3/t20-,21-,22-,23-,24-,25-/m1/s1. The molecule has 4 rings (SSSR count). The average molecular weight is 467 g/mol. The van der Waals surface area contributed by atoms with E-state index in [-0.39, 0.29) is 12.0 Å². The number of benzene rings is 2. The van der Waals surface area contributed by atoms with Crippen molar-refractivity contribution in [2.75, 3.05) is 20.8 Å². The number of rotatable bonds is 7. The molecule has 2 fully saturated rings. The first kappa shape index (κ1) is 24.4. The molecule has 182 valence electrons. The molecule has 0 bridgehead atoms. The van der Waals surface area contributed by atoms with Crippen molar-refractivity contribution in [2.24, 2.45) is 17.8 Å². The van der Waals surface area contributed by atoms with E-state index in [9.17, 15) is 9.59 Å². The summed E-state index contributed by atoms with van der Waals surface area (Å²) in [6.45, 7) is 5.53. The van der Waals surface area contributed by atoms with Crippen LogP contribution in [0.15, 0.2) is 60.7 Å². The van der Waals surface area contributed by atoms with Gasteiger partial charge in [0.2, 0.25) is 0 Å². The molecule has 0 aliphatic carbocycles. The lowest BCUT2D eigenvalue weighted by molar-refractivity contribution is -0.154. The summed E-state index contributed by atoms with van der Waals surface area (Å²) in [6.07, 6.45) is -0.456. The van der Waals surface area contributed by atoms with Crippen LogP contribution in [0.25, 0.3) is 0 Å². The van der Waals surface area contributed by atoms with E-state index >= 15 is 0 Å². The van der Waals surface area contributed by atoms with Crippen LogP contribution in [0.5, 0.6) is 0 Å². The summed E-state index contributed by atoms with van der Waals surface area (Å²) in [5, 5.41) is 3.40. The van der Waals surface area contributed by atoms with Crippen LogP contribution in [-0.2, 0) is 30.3 Å². The van der Waals surface area contributed by atoms with E-state index in [0.29, 0.717) is 19.1 Å². The molecule has 7 nitrogen and oxygen atoms in total. The molecule has 2 aromatic carbocycles. The third-order valence-corrected chi connectivity index (χ3v) is 7.10. The lowest BCUT2D eigenvalue weighted by atomic mass is 9.82. The van der Waals surface area contributed by atoms with Crippen LogP contribution in [0.1, 0.15) is 31.0 Å². The molecule has 2 aromatic rings. The summed E-state index contributed by atoms with van der Waals surface area (Å²) in [4.78, 5) is 28.5. The Bertz CT molecular complexity index is 968. The average Bonchev–Trinajstić information content (AvgIpc) is 3.46. The van der Waals surface area contributed by atoms with Gasteiger partial charge in [-0.1, -0.05) is 74.5 Å². The number of hydrogen-bond acceptors (Lipinski definition) is 7. The molecule has 0 unspecified atom stereocenters. The Morgan fingerprint density at radius 1 is 1.00 bits per heavy atom. The number of nitrogens with one attached hydrogen (secondary N) is 1. The maximum atomic E-state index is 13.2. The number of hydrogen-bond donors (Lipinski definition) is 1. The van der Waals surface area contributed by atoms with Crippen molar-refractivity contribution < 1.29 is 23.8 Å². The summed E-state index contributed by atoms with van der Waals surface area (Å²) in [5.74, 6) is -1.55. The molecule has 7 heteroatoms. The molecule has 34 heavy (non-hydrogen) atoms. The highest BCUT2D eigenvalue weighted by Crippen LogP contribution is 2.44. The van der Waals surface area contributed by atoms with Crippen LogP contribution in [0, 0.1) is 17.8 Å². The summed E-state index contributed by atoms with van der Waals surface area (Å²) >= 11 is 0. The molecule has 2 aliphatic rings. The normalized spacial score (nSPS) is 29.3. The molecule has 2 aliphatic heterocycles. The molecule has 0 amide bonds. The van der Waals surface area contributed by atoms with E-state index in [4.69, 9.17) is 14.2 Å². The summed E-state index contributed by atoms with van der Waals surface area (Å²) in [6, 6.07) is 18.9. The molecule has 1 N–H and O–H groups in total. The van der Waals surface area contributed by atoms with E-state index in [2.05, 4.69) is 36.2 Å². The van der Waals surface area contributed by atoms with Gasteiger partial charge in [-0.3, -0.25) is 19.8 Å². The second kappa shape index (κ2) is 10.7. The van der Waals surface area contributed by atoms with E-state index < -0.39 is 36.1 Å². The first-order valence-electron chi connectivity index (χ1n) is 11.8. The van der Waals surface area contributed by atoms with E-state index in [1.165, 1.54) is 14.2 Å². The van der Waals surface area contributed by atoms with Gasteiger partial charge in [0.1, 0.15) is 12.3 Å². The number of carbonyl (C=O) groups is 2. The van der Waals surface area contributed by atoms with Gasteiger partial charge >= 0.3 is 11.9 Å². The highest BCUT2D eigenvalue weighted by Gasteiger charge is 2.57. The smallest absolute Gasteiger partial charge is 0.323 e. The van der Waals surface area contributed by atoms with Crippen LogP contribution < -0.4 is 5.32 Å². The molecular formula is C27H34N2O5. The van der Waals surface area contributed by atoms with Crippen LogP contribution in [0.3, 0.4) is 0 Å². The molecule has 2 heterocycles. The number of nitrogens with zero attached hydrogens (tertiary/aromatic N) is 1. The summed E-state index contributed by atoms with van der Waals surface area (Å²) in [7, 11) is 2.76. The van der Waals surface area contributed by atoms with E-state index in [0.717, 1.165) is 11.1 Å². The molecule has 0 spiro atoms. The van der Waals surface area contributed by atoms with E-state index in [1.54, 1.807) is 0 Å². The number of carbonyl (C=O) groups excluding carboxylic acids is 2. The van der Waals surface area contributed by atoms with Crippen molar-refractivity contribution in [3.05, 3.63) is 71.8 Å². The molecule has 0 aromatic heterocycles. The maximum absolute atomic E-state index is 13.2. The minimum Gasteiger partial charge on any atom is -0.469 e. The molecule has 0 radical (unpaired) electrons. The molecule has 2 saturated heterocycles. The summed E-state index contributed by atoms with van der Waals surface area (Å²) < 4.78 is 16.8. The van der Waals surface area contributed by atoms with Gasteiger partial charge in [-0.25, -0.2) is 0 Å². The first-order valence-corrected chi connectivity index (χ1v) is 11.8. The van der Waals surface area contributed by atoms with Gasteiger partial charge in [-0.2, -0.15) is 0 Å². The third-order valence-electron chi connectivity index (χ3n) is 7.10. The fourth-order valence-electron chi connectivity index (χ4n) is 5.41. The largest absolute Gasteiger partial charge is 0.469 e. The van der Waals surface area contributed by atoms with Gasteiger partial charge in [0.25, 0.3) is 0 Å². The zero-order chi connectivity index (χ0) is 24.2. The second-order valence-electron chi connectivity index (χ2n) is 9.38. The first-order chi connectivity index (χ1) is 16.5. The zero-order valence-electron chi connectivity index (χ0n) is 20.2. The molecule has 6 atom stereocenters. The Kier molecular flexibility index (Phi) is 7.66. The fraction of sp³-hybridized carbons (Fsp3) is 0.481. The highest BCUT2D eigenvalue weighted by molar-refractivity contribution is 5.81. The Balaban J connectivity index is 1.76. The van der Waals surface area contributed by atoms with Crippen molar-refractivity contribution in [1.82, 2.24) is 10.2 Å². The second-order valence-corrected chi connectivity index (χ2v) is 9.38. The van der Waals surface area contributed by atoms with Crippen LogP contribution >= 0.6 is 0 Å². The maximum Gasteiger partial charge on any atom is 0.323 e. The van der Waals surface area contributed by atoms with E-state index in [1.807, 2.05) is 48.5 Å². The highest BCUT2D eigenvalue weighted by atomic mass is 16.5. The predicted octanol–water partition coefficient (Wildman–Crippen LogP) is 3.16. The Morgan fingerprint density at radius 2 is 1.62 bits per heavy atom. The van der Waals surface area contributed by atoms with Crippen molar-refractivity contribution in [2.45, 2.75) is 44.7 Å². The van der Waals surface area contributed by atoms with Crippen molar-refractivity contribution in [3.8, 4) is 0 Å². The van der Waals surface area contributed by atoms with Crippen molar-refractivity contribution in [3.63, 3.8) is 0 Å². The third kappa shape index (κ3) is 4.73. The minimum atomic E-state index is -0.714. The lowest BCUT2D eigenvalue weighted by Crippen LogP contribution is -2.50. The van der Waals surface area contributed by atoms with Gasteiger partial charge in [0, 0.05) is 24.5 Å². The molecule has 0 saturated carbocycles. The number of esters is 2. The van der Waals surface area contributed by atoms with Gasteiger partial charge < -0.3 is 14.2 Å². The summed E-state index contributed by atoms with van der Waals surface area (Å²) in [5.41, 5.74) is 2.07. The minimum absolute atomic E-state index is 0.151. The molecular weight excluding hydrogens is 432 g/mol. The quantitative estimate of drug-likeness (QED) is 0.628. The Hall–Kier alpha value is -2.74. The lowest BCUT2D eigenvalue weighted by Gasteiger charge is -2.36. The van der Waals surface area contributed by atoms with Crippen LogP contribution in [0.4, 0.5) is 0 Å². The van der Waals surface area contributed by atoms with Crippen LogP contribution in [0.2, 0.25) is 0 Å². The van der Waals surface area contributed by atoms with Gasteiger partial charge in [0.05, 0.1) is 26.7 Å². The van der Waals surface area contributed by atoms with Gasteiger partial charge in [-0.15, -0.1) is 0 Å². The van der Waals surface area contributed by atoms with Crippen molar-refractivity contribution >= 4 is 11.9 Å².